The molecule has 1 amide bonds. The average Bonchev–Trinajstić information content (AvgIpc) is 2.25. The van der Waals surface area contributed by atoms with Gasteiger partial charge in [-0.1, -0.05) is 12.1 Å². The first-order chi connectivity index (χ1) is 8.00. The summed E-state index contributed by atoms with van der Waals surface area (Å²) in [5.74, 6) is -1.31. The van der Waals surface area contributed by atoms with Crippen molar-refractivity contribution in [2.75, 3.05) is 6.61 Å². The van der Waals surface area contributed by atoms with E-state index in [0.29, 0.717) is 0 Å². The fraction of sp³-hybridized carbons (Fsp3) is 0.200. The van der Waals surface area contributed by atoms with Gasteiger partial charge in [0.2, 0.25) is 5.91 Å². The Balaban J connectivity index is 2.66. The van der Waals surface area contributed by atoms with Crippen LogP contribution in [-0.2, 0) is 9.59 Å². The minimum absolute atomic E-state index is 0.0182. The fourth-order valence-corrected chi connectivity index (χ4v) is 1.13. The van der Waals surface area contributed by atoms with Crippen molar-refractivity contribution in [1.29, 1.82) is 0 Å². The smallest absolute Gasteiger partial charge is 0.310 e. The van der Waals surface area contributed by atoms with E-state index in [1.54, 1.807) is 6.07 Å². The molecule has 0 saturated carbocycles. The number of carbonyl (C=O) groups is 2. The third-order valence-corrected chi connectivity index (χ3v) is 1.82. The first-order valence-electron chi connectivity index (χ1n) is 4.67. The normalized spacial score (nSPS) is 9.65. The molecule has 7 heteroatoms. The minimum Gasteiger partial charge on any atom is -0.479 e. The maximum atomic E-state index is 11.1. The zero-order valence-electron chi connectivity index (χ0n) is 8.79. The van der Waals surface area contributed by atoms with Crippen LogP contribution in [-0.4, -0.2) is 23.2 Å². The van der Waals surface area contributed by atoms with Gasteiger partial charge in [-0.15, -0.1) is 0 Å². The zero-order chi connectivity index (χ0) is 12.8. The van der Waals surface area contributed by atoms with Crippen LogP contribution in [0.4, 0.5) is 5.69 Å². The van der Waals surface area contributed by atoms with E-state index >= 15 is 0 Å². The van der Waals surface area contributed by atoms with Crippen LogP contribution in [0.25, 0.3) is 0 Å². The molecule has 2 N–H and O–H groups in total. The number of nitrogens with two attached hydrogens (primary N) is 1. The van der Waals surface area contributed by atoms with E-state index in [4.69, 9.17) is 10.5 Å². The van der Waals surface area contributed by atoms with Crippen LogP contribution in [0.1, 0.15) is 6.42 Å². The Labute approximate surface area is 96.3 Å². The number of amides is 1. The van der Waals surface area contributed by atoms with Crippen molar-refractivity contribution < 1.29 is 19.2 Å². The number of ketones is 1. The van der Waals surface area contributed by atoms with E-state index in [-0.39, 0.29) is 11.4 Å². The number of para-hydroxylation sites is 2. The summed E-state index contributed by atoms with van der Waals surface area (Å²) in [7, 11) is 0. The SMILES string of the molecule is NC(=O)CC(=O)COc1ccccc1[N+](=O)[O-]. The molecule has 1 rings (SSSR count). The second-order valence-electron chi connectivity index (χ2n) is 3.20. The maximum absolute atomic E-state index is 11.1. The van der Waals surface area contributed by atoms with Crippen molar-refractivity contribution in [2.45, 2.75) is 6.42 Å². The highest BCUT2D eigenvalue weighted by Gasteiger charge is 2.15. The van der Waals surface area contributed by atoms with E-state index in [0.717, 1.165) is 0 Å². The quantitative estimate of drug-likeness (QED) is 0.438. The largest absolute Gasteiger partial charge is 0.479 e. The number of nitro benzene ring substituents is 1. The van der Waals surface area contributed by atoms with Crippen molar-refractivity contribution in [2.24, 2.45) is 5.73 Å². The van der Waals surface area contributed by atoms with Crippen LogP contribution in [0, 0.1) is 10.1 Å². The molecule has 0 unspecified atom stereocenters. The first kappa shape index (κ1) is 12.6. The van der Waals surface area contributed by atoms with Crippen LogP contribution in [0.5, 0.6) is 5.75 Å². The predicted octanol–water partition coefficient (Wildman–Crippen LogP) is 0.418. The van der Waals surface area contributed by atoms with Crippen LogP contribution in [0.15, 0.2) is 24.3 Å². The van der Waals surface area contributed by atoms with Gasteiger partial charge in [-0.3, -0.25) is 19.7 Å². The van der Waals surface area contributed by atoms with Gasteiger partial charge in [-0.25, -0.2) is 0 Å². The third-order valence-electron chi connectivity index (χ3n) is 1.82. The number of primary amides is 1. The molecule has 0 bridgehead atoms. The van der Waals surface area contributed by atoms with Gasteiger partial charge in [0.1, 0.15) is 6.61 Å². The van der Waals surface area contributed by atoms with Gasteiger partial charge >= 0.3 is 5.69 Å². The lowest BCUT2D eigenvalue weighted by Crippen LogP contribution is -2.20. The molecular formula is C10H10N2O5. The molecule has 90 valence electrons. The zero-order valence-corrected chi connectivity index (χ0v) is 8.79. The molecule has 0 radical (unpaired) electrons. The van der Waals surface area contributed by atoms with Crippen LogP contribution in [0.3, 0.4) is 0 Å². The monoisotopic (exact) mass is 238 g/mol. The third kappa shape index (κ3) is 3.90. The molecule has 0 heterocycles. The summed E-state index contributed by atoms with van der Waals surface area (Å²) in [5, 5.41) is 10.6. The molecule has 0 saturated heterocycles. The molecule has 0 fully saturated rings. The number of hydrogen-bond donors (Lipinski definition) is 1. The summed E-state index contributed by atoms with van der Waals surface area (Å²) < 4.78 is 4.96. The highest BCUT2D eigenvalue weighted by atomic mass is 16.6. The van der Waals surface area contributed by atoms with Crippen LogP contribution < -0.4 is 10.5 Å². The van der Waals surface area contributed by atoms with E-state index < -0.39 is 29.6 Å². The lowest BCUT2D eigenvalue weighted by molar-refractivity contribution is -0.385. The average molecular weight is 238 g/mol. The summed E-state index contributed by atoms with van der Waals surface area (Å²) in [4.78, 5) is 31.5. The lowest BCUT2D eigenvalue weighted by atomic mass is 10.3. The van der Waals surface area contributed by atoms with Crippen LogP contribution >= 0.6 is 0 Å². The van der Waals surface area contributed by atoms with Crippen molar-refractivity contribution in [1.82, 2.24) is 0 Å². The number of hydrogen-bond acceptors (Lipinski definition) is 5. The molecule has 0 aliphatic carbocycles. The number of carbonyl (C=O) groups excluding carboxylic acids is 2. The standard InChI is InChI=1S/C10H10N2O5/c11-10(14)5-7(13)6-17-9-4-2-1-3-8(9)12(15)16/h1-4H,5-6H2,(H2,11,14). The highest BCUT2D eigenvalue weighted by molar-refractivity contribution is 5.97. The molecule has 0 aliphatic heterocycles. The summed E-state index contributed by atoms with van der Waals surface area (Å²) >= 11 is 0. The number of nitrogens with zero attached hydrogens (tertiary/aromatic N) is 1. The van der Waals surface area contributed by atoms with Gasteiger partial charge in [-0.05, 0) is 6.07 Å². The van der Waals surface area contributed by atoms with Gasteiger partial charge in [0.25, 0.3) is 0 Å². The van der Waals surface area contributed by atoms with Gasteiger partial charge in [0.15, 0.2) is 11.5 Å². The van der Waals surface area contributed by atoms with E-state index in [2.05, 4.69) is 0 Å². The van der Waals surface area contributed by atoms with Crippen molar-refractivity contribution in [3.8, 4) is 5.75 Å². The fourth-order valence-electron chi connectivity index (χ4n) is 1.13. The first-order valence-corrected chi connectivity index (χ1v) is 4.67. The summed E-state index contributed by atoms with van der Waals surface area (Å²) in [6, 6.07) is 5.65. The van der Waals surface area contributed by atoms with Crippen molar-refractivity contribution in [3.05, 3.63) is 34.4 Å². The van der Waals surface area contributed by atoms with E-state index in [9.17, 15) is 19.7 Å². The van der Waals surface area contributed by atoms with E-state index in [1.165, 1.54) is 18.2 Å². The van der Waals surface area contributed by atoms with Crippen molar-refractivity contribution >= 4 is 17.4 Å². The number of rotatable bonds is 6. The molecule has 7 nitrogen and oxygen atoms in total. The Morgan fingerprint density at radius 2 is 2.00 bits per heavy atom. The predicted molar refractivity (Wildman–Crippen MR) is 57.4 cm³/mol. The Kier molecular flexibility index (Phi) is 4.15. The Morgan fingerprint density at radius 1 is 1.35 bits per heavy atom. The lowest BCUT2D eigenvalue weighted by Gasteiger charge is -2.04. The van der Waals surface area contributed by atoms with Gasteiger partial charge < -0.3 is 10.5 Å². The molecule has 0 atom stereocenters. The highest BCUT2D eigenvalue weighted by Crippen LogP contribution is 2.25. The summed E-state index contributed by atoms with van der Waals surface area (Å²) in [6.45, 7) is -0.423. The molecule has 1 aromatic rings. The molecule has 0 aliphatic rings. The number of Topliss-reactive ketones (excluding diaryl/α,β-unsaturated/α-hetero) is 1. The molecular weight excluding hydrogens is 228 g/mol. The number of nitro groups is 1. The van der Waals surface area contributed by atoms with Crippen molar-refractivity contribution in [3.63, 3.8) is 0 Å². The molecule has 1 aromatic carbocycles. The topological polar surface area (TPSA) is 113 Å². The van der Waals surface area contributed by atoms with Gasteiger partial charge in [-0.2, -0.15) is 0 Å². The molecule has 0 aromatic heterocycles. The van der Waals surface area contributed by atoms with Crippen LogP contribution in [0.2, 0.25) is 0 Å². The van der Waals surface area contributed by atoms with Gasteiger partial charge in [0, 0.05) is 6.07 Å². The number of benzene rings is 1. The minimum atomic E-state index is -0.763. The molecule has 17 heavy (non-hydrogen) atoms. The molecule has 0 spiro atoms. The maximum Gasteiger partial charge on any atom is 0.310 e. The Bertz CT molecular complexity index is 458. The number of ether oxygens (including phenoxy) is 1. The Hall–Kier alpha value is -2.44. The van der Waals surface area contributed by atoms with E-state index in [1.807, 2.05) is 0 Å². The second-order valence-corrected chi connectivity index (χ2v) is 3.20. The second kappa shape index (κ2) is 5.59. The van der Waals surface area contributed by atoms with Gasteiger partial charge in [0.05, 0.1) is 11.3 Å². The summed E-state index contributed by atoms with van der Waals surface area (Å²) in [6.07, 6.45) is -0.444. The Morgan fingerprint density at radius 3 is 2.59 bits per heavy atom. The summed E-state index contributed by atoms with van der Waals surface area (Å²) in [5.41, 5.74) is 4.58.